The normalized spacial score (nSPS) is 10.7. The number of aliphatic hydroxyl groups is 1. The van der Waals surface area contributed by atoms with Crippen LogP contribution in [0.1, 0.15) is 7.43 Å². The molecule has 6 aromatic rings. The van der Waals surface area contributed by atoms with Crippen LogP contribution in [-0.4, -0.2) is 211 Å². The van der Waals surface area contributed by atoms with Gasteiger partial charge in [0.2, 0.25) is 0 Å². The zero-order chi connectivity index (χ0) is 85.4. The fourth-order valence-electron chi connectivity index (χ4n) is 6.92. The number of alkyl halides is 12. The quantitative estimate of drug-likeness (QED) is 0.00433. The van der Waals surface area contributed by atoms with E-state index in [1.54, 1.807) is 0 Å². The van der Waals surface area contributed by atoms with Crippen LogP contribution in [0.2, 0.25) is 0 Å². The van der Waals surface area contributed by atoms with Gasteiger partial charge in [0.15, 0.2) is 29.4 Å². The van der Waals surface area contributed by atoms with Crippen molar-refractivity contribution in [1.82, 2.24) is 0 Å². The molecule has 0 amide bonds. The molecule has 0 unspecified atom stereocenters. The Morgan fingerprint density at radius 1 is 0.308 bits per heavy atom. The number of aliphatic hydroxyl groups excluding tert-OH is 1. The Morgan fingerprint density at radius 2 is 0.475 bits per heavy atom. The van der Waals surface area contributed by atoms with Gasteiger partial charge in [-0.15, -0.1) is 46.4 Å². The summed E-state index contributed by atoms with van der Waals surface area (Å²) in [6, 6.07) is 64.3. The first kappa shape index (κ1) is 129. The number of halogens is 13. The second-order valence-corrected chi connectivity index (χ2v) is 28.4. The molecule has 51 heteroatoms. The summed E-state index contributed by atoms with van der Waals surface area (Å²) in [6.07, 6.45) is 0. The third kappa shape index (κ3) is 67.6. The minimum Gasteiger partial charge on any atom is -1.00 e. The molecule has 0 atom stereocenters. The molecule has 0 heterocycles. The van der Waals surface area contributed by atoms with Crippen molar-refractivity contribution in [3.63, 3.8) is 0 Å². The zero-order valence-electron chi connectivity index (χ0n) is 63.6. The fourth-order valence-corrected chi connectivity index (χ4v) is 12.5. The van der Waals surface area contributed by atoms with E-state index in [0.29, 0.717) is 89.6 Å². The van der Waals surface area contributed by atoms with Crippen LogP contribution in [0.5, 0.6) is 0 Å². The van der Waals surface area contributed by atoms with Gasteiger partial charge in [-0.1, -0.05) is 117 Å². The maximum Gasteiger partial charge on any atom is 1.00 e. The summed E-state index contributed by atoms with van der Waals surface area (Å²) >= 11 is 18.2. The van der Waals surface area contributed by atoms with Crippen LogP contribution in [0.4, 0.5) is 35.1 Å². The van der Waals surface area contributed by atoms with E-state index in [-0.39, 0.29) is 196 Å². The summed E-state index contributed by atoms with van der Waals surface area (Å²) in [5.41, 5.74) is 0. The largest absolute Gasteiger partial charge is 1.00 e. The molecule has 120 heavy (non-hydrogen) atoms. The average molecular weight is 1970 g/mol. The summed E-state index contributed by atoms with van der Waals surface area (Å²) in [5, 5.41) is 47.2. The van der Waals surface area contributed by atoms with Gasteiger partial charge in [0.05, 0.1) is 134 Å². The molecular weight excluding hydrogens is 1880 g/mol. The van der Waals surface area contributed by atoms with Crippen molar-refractivity contribution in [3.05, 3.63) is 182 Å². The van der Waals surface area contributed by atoms with Crippen LogP contribution in [0.25, 0.3) is 0 Å². The first-order chi connectivity index (χ1) is 55.4. The molecule has 6 aromatic carbocycles. The molecule has 0 fully saturated rings. The molecule has 0 aliphatic heterocycles. The SMILES string of the molecule is C.O=C(O)C(F)(F)SOO[O-].O=C(OCCOCCOCCCl)C(F)(F)SOO[O-].O=C(OCCOCCOCCCl)C(F)(F)SOO[O-].O=C(OCCOCCOCCCl)C(F)(F)SOO[O-].OCCOCCOCCCl.[Cl-].[Na+].[Na+].[Na+].c1ccc([S+](c2ccccc2)c2ccccc2)cc1.c1ccc([S+](c2ccccc2)c2ccccc2)cc1. The molecule has 0 aliphatic carbocycles. The maximum atomic E-state index is 12.8. The maximum absolute atomic E-state index is 12.8. The Bertz CT molecular complexity index is 2880. The molecule has 0 aromatic heterocycles. The Balaban J connectivity index is -0.000000318. The number of carboxylic acid groups (broad SMARTS) is 1. The molecule has 0 saturated carbocycles. The number of hydrogen-bond acceptors (Lipinski definition) is 32. The van der Waals surface area contributed by atoms with Crippen molar-refractivity contribution in [2.24, 2.45) is 0 Å². The molecule has 29 nitrogen and oxygen atoms in total. The number of rotatable bonds is 53. The van der Waals surface area contributed by atoms with Crippen molar-refractivity contribution < 1.29 is 276 Å². The smallest absolute Gasteiger partial charge is 1.00 e. The van der Waals surface area contributed by atoms with E-state index in [4.69, 9.17) is 99.8 Å². The summed E-state index contributed by atoms with van der Waals surface area (Å²) in [5.74, 6) is -6.41. The standard InChI is InChI=1S/2C18H15S.3C8H13ClF2O7S.C6H13ClO3.C2H2F2O5S.CH4.ClH.3Na/c2*1-4-10-16(11-5-1)19(17-12-6-2-7-13-17)18-14-8-3-9-15-18;3*9-1-2-14-3-4-15-5-6-16-7(12)8(10,11)19-18-17-13;7-1-3-9-5-6-10-4-2-8;3-2(4,1(5)6)10-9-8-7;;;;;/h2*1-15H;3*13H,1-6H2;8H,1-6H2;7H,(H,5,6);1H4;1H;;;/q2*+1;;;;;;;;3*+1/p-5. The number of hydrogen-bond donors (Lipinski definition) is 2. The van der Waals surface area contributed by atoms with E-state index in [2.05, 4.69) is 234 Å². The molecule has 0 aliphatic rings. The summed E-state index contributed by atoms with van der Waals surface area (Å²) in [6.45, 7) is 3.40. The van der Waals surface area contributed by atoms with E-state index in [0.717, 1.165) is 0 Å². The topological polar surface area (TPSA) is 376 Å². The van der Waals surface area contributed by atoms with Gasteiger partial charge in [-0.05, 0) is 72.8 Å². The third-order valence-electron chi connectivity index (χ3n) is 11.5. The number of carbonyl (C=O) groups excluding carboxylic acids is 3. The number of carboxylic acids is 1. The van der Waals surface area contributed by atoms with Crippen molar-refractivity contribution in [2.45, 2.75) is 57.8 Å². The number of aliphatic carboxylic acids is 1. The zero-order valence-corrected chi connectivity index (χ0v) is 78.2. The minimum absolute atomic E-state index is 0. The second-order valence-electron chi connectivity index (χ2n) is 19.5. The van der Waals surface area contributed by atoms with Gasteiger partial charge in [-0.25, -0.2) is 19.2 Å². The summed E-state index contributed by atoms with van der Waals surface area (Å²) in [7, 11) is -0.0293. The Labute approximate surface area is 803 Å². The van der Waals surface area contributed by atoms with Crippen LogP contribution in [0, 0.1) is 0 Å². The number of ether oxygens (including phenoxy) is 11. The van der Waals surface area contributed by atoms with Crippen LogP contribution >= 0.6 is 94.6 Å². The number of esters is 3. The van der Waals surface area contributed by atoms with Crippen molar-refractivity contribution in [1.29, 1.82) is 0 Å². The Morgan fingerprint density at radius 3 is 0.642 bits per heavy atom. The van der Waals surface area contributed by atoms with Crippen LogP contribution in [0.3, 0.4) is 0 Å². The first-order valence-electron chi connectivity index (χ1n) is 32.5. The van der Waals surface area contributed by atoms with Gasteiger partial charge >= 0.3 is 134 Å². The monoisotopic (exact) mass is 1960 g/mol. The van der Waals surface area contributed by atoms with Gasteiger partial charge in [-0.2, -0.15) is 52.5 Å². The molecule has 6 rings (SSSR count). The van der Waals surface area contributed by atoms with Crippen molar-refractivity contribution in [3.8, 4) is 0 Å². The van der Waals surface area contributed by atoms with Gasteiger partial charge < -0.3 is 95.8 Å². The van der Waals surface area contributed by atoms with Crippen LogP contribution in [0.15, 0.2) is 211 Å². The molecule has 0 bridgehead atoms. The second kappa shape index (κ2) is 86.7. The predicted octanol–water partition coefficient (Wildman–Crippen LogP) is -1.20. The van der Waals surface area contributed by atoms with Crippen LogP contribution in [-0.2, 0) is 131 Å². The van der Waals surface area contributed by atoms with Crippen LogP contribution < -0.4 is 122 Å². The van der Waals surface area contributed by atoms with Gasteiger partial charge in [0.25, 0.3) is 0 Å². The third-order valence-corrected chi connectivity index (χ3v) is 18.6. The average Bonchev–Trinajstić information content (AvgIpc) is 0.823. The molecular formula is C69H84Cl5F8Na3O29S6. The van der Waals surface area contributed by atoms with Gasteiger partial charge in [0.1, 0.15) is 68.0 Å². The minimum atomic E-state index is -4.16. The van der Waals surface area contributed by atoms with Crippen molar-refractivity contribution >= 4 is 140 Å². The molecule has 0 spiro atoms. The number of carbonyl (C=O) groups is 4. The Hall–Kier alpha value is -1.65. The molecule has 2 N–H and O–H groups in total. The van der Waals surface area contributed by atoms with Gasteiger partial charge in [0, 0.05) is 23.5 Å². The molecule has 664 valence electrons. The summed E-state index contributed by atoms with van der Waals surface area (Å²) < 4.78 is 166. The Kier molecular flexibility index (Phi) is 93.3. The fraction of sp³-hybridized carbons (Fsp3) is 0.420. The van der Waals surface area contributed by atoms with E-state index >= 15 is 0 Å². The molecule has 0 radical (unpaired) electrons. The van der Waals surface area contributed by atoms with E-state index in [1.165, 1.54) is 29.4 Å². The van der Waals surface area contributed by atoms with Crippen molar-refractivity contribution in [2.75, 3.05) is 156 Å². The molecule has 0 saturated heterocycles. The summed E-state index contributed by atoms with van der Waals surface area (Å²) in [4.78, 5) is 50.1. The predicted molar refractivity (Wildman–Crippen MR) is 406 cm³/mol. The van der Waals surface area contributed by atoms with E-state index in [1.807, 2.05) is 0 Å². The number of benzene rings is 6. The van der Waals surface area contributed by atoms with E-state index in [9.17, 15) is 70.1 Å². The van der Waals surface area contributed by atoms with Gasteiger partial charge in [-0.3, -0.25) is 20.2 Å². The first-order valence-corrected chi connectivity index (χ1v) is 40.1. The van der Waals surface area contributed by atoms with E-state index < -0.39 is 93.1 Å².